The Morgan fingerprint density at radius 2 is 1.86 bits per heavy atom. The molecule has 2 aromatic carbocycles. The van der Waals surface area contributed by atoms with E-state index in [0.717, 1.165) is 24.0 Å². The molecule has 2 atom stereocenters. The van der Waals surface area contributed by atoms with Crippen LogP contribution >= 0.6 is 0 Å². The fraction of sp³-hybridized carbons (Fsp3) is 0.417. The number of rotatable bonds is 7. The van der Waals surface area contributed by atoms with Gasteiger partial charge in [-0.15, -0.1) is 0 Å². The summed E-state index contributed by atoms with van der Waals surface area (Å²) in [4.78, 5) is 25.5. The van der Waals surface area contributed by atoms with Crippen LogP contribution in [0, 0.1) is 5.92 Å². The molecular weight excluding hydrogens is 352 g/mol. The standard InChI is InChI=1S/C24H26O4/c1-2-20(26)18-12-17(21(27)11-15-7-6-8-15)13-19-23(16-9-4-3-5-10-16)22(14-25)28-24(18)19/h3-5,9-10,12-13,15,22-23,25H,2,6-8,11,14H2,1H3/t22-,23+/m1/s1. The summed E-state index contributed by atoms with van der Waals surface area (Å²) >= 11 is 0. The van der Waals surface area contributed by atoms with Crippen molar-refractivity contribution in [3.63, 3.8) is 0 Å². The van der Waals surface area contributed by atoms with Crippen LogP contribution in [0.5, 0.6) is 5.75 Å². The van der Waals surface area contributed by atoms with Crippen LogP contribution in [0.2, 0.25) is 0 Å². The van der Waals surface area contributed by atoms with Crippen LogP contribution in [0.15, 0.2) is 42.5 Å². The number of benzene rings is 2. The van der Waals surface area contributed by atoms with Gasteiger partial charge in [-0.2, -0.15) is 0 Å². The monoisotopic (exact) mass is 378 g/mol. The number of fused-ring (bicyclic) bond motifs is 1. The minimum absolute atomic E-state index is 0.0417. The molecule has 1 aliphatic heterocycles. The van der Waals surface area contributed by atoms with Crippen LogP contribution in [0.3, 0.4) is 0 Å². The second-order valence-corrected chi connectivity index (χ2v) is 7.87. The van der Waals surface area contributed by atoms with E-state index < -0.39 is 6.10 Å². The normalized spacial score (nSPS) is 20.9. The SMILES string of the molecule is CCC(=O)c1cc(C(=O)CC2CCC2)cc2c1O[C@H](CO)[C@H]2c1ccccc1. The molecule has 1 N–H and O–H groups in total. The van der Waals surface area contributed by atoms with Crippen molar-refractivity contribution in [1.82, 2.24) is 0 Å². The summed E-state index contributed by atoms with van der Waals surface area (Å²) < 4.78 is 6.04. The van der Waals surface area contributed by atoms with Crippen LogP contribution in [0.25, 0.3) is 0 Å². The van der Waals surface area contributed by atoms with E-state index in [0.29, 0.717) is 35.6 Å². The van der Waals surface area contributed by atoms with Crippen LogP contribution in [0.1, 0.15) is 76.8 Å². The number of hydrogen-bond acceptors (Lipinski definition) is 4. The van der Waals surface area contributed by atoms with Gasteiger partial charge in [0.05, 0.1) is 18.1 Å². The van der Waals surface area contributed by atoms with Crippen molar-refractivity contribution >= 4 is 11.6 Å². The van der Waals surface area contributed by atoms with Gasteiger partial charge in [-0.1, -0.05) is 56.5 Å². The molecule has 0 saturated heterocycles. The molecule has 1 heterocycles. The van der Waals surface area contributed by atoms with Crippen molar-refractivity contribution in [3.8, 4) is 5.75 Å². The fourth-order valence-electron chi connectivity index (χ4n) is 4.27. The first-order valence-electron chi connectivity index (χ1n) is 10.2. The van der Waals surface area contributed by atoms with Crippen molar-refractivity contribution < 1.29 is 19.4 Å². The summed E-state index contributed by atoms with van der Waals surface area (Å²) in [6, 6.07) is 13.4. The number of aliphatic hydroxyl groups is 1. The number of aliphatic hydroxyl groups excluding tert-OH is 1. The van der Waals surface area contributed by atoms with Crippen molar-refractivity contribution in [3.05, 3.63) is 64.7 Å². The largest absolute Gasteiger partial charge is 0.486 e. The molecule has 4 heteroatoms. The van der Waals surface area contributed by atoms with E-state index in [1.54, 1.807) is 6.07 Å². The molecule has 0 bridgehead atoms. The Balaban J connectivity index is 1.80. The zero-order valence-electron chi connectivity index (χ0n) is 16.2. The van der Waals surface area contributed by atoms with Crippen LogP contribution in [0.4, 0.5) is 0 Å². The van der Waals surface area contributed by atoms with Gasteiger partial charge in [-0.05, 0) is 23.6 Å². The molecule has 4 rings (SSSR count). The maximum Gasteiger partial charge on any atom is 0.166 e. The summed E-state index contributed by atoms with van der Waals surface area (Å²) in [7, 11) is 0. The average molecular weight is 378 g/mol. The molecule has 28 heavy (non-hydrogen) atoms. The number of ether oxygens (including phenoxy) is 1. The Hall–Kier alpha value is -2.46. The third-order valence-electron chi connectivity index (χ3n) is 6.07. The molecule has 1 aliphatic carbocycles. The van der Waals surface area contributed by atoms with E-state index in [-0.39, 0.29) is 24.1 Å². The van der Waals surface area contributed by atoms with Crippen molar-refractivity contribution in [2.75, 3.05) is 6.61 Å². The minimum Gasteiger partial charge on any atom is -0.486 e. The predicted molar refractivity (Wildman–Crippen MR) is 107 cm³/mol. The van der Waals surface area contributed by atoms with Crippen molar-refractivity contribution in [1.29, 1.82) is 0 Å². The quantitative estimate of drug-likeness (QED) is 0.719. The van der Waals surface area contributed by atoms with Gasteiger partial charge in [0.25, 0.3) is 0 Å². The number of hydrogen-bond donors (Lipinski definition) is 1. The van der Waals surface area contributed by atoms with Crippen molar-refractivity contribution in [2.24, 2.45) is 5.92 Å². The topological polar surface area (TPSA) is 63.6 Å². The third kappa shape index (κ3) is 3.37. The van der Waals surface area contributed by atoms with E-state index in [1.807, 2.05) is 43.3 Å². The maximum atomic E-state index is 12.9. The third-order valence-corrected chi connectivity index (χ3v) is 6.07. The lowest BCUT2D eigenvalue weighted by atomic mass is 9.80. The fourth-order valence-corrected chi connectivity index (χ4v) is 4.27. The minimum atomic E-state index is -0.460. The van der Waals surface area contributed by atoms with E-state index >= 15 is 0 Å². The summed E-state index contributed by atoms with van der Waals surface area (Å²) in [5, 5.41) is 9.92. The first-order valence-corrected chi connectivity index (χ1v) is 10.2. The molecule has 0 unspecified atom stereocenters. The van der Waals surface area contributed by atoms with Gasteiger partial charge in [0, 0.05) is 24.0 Å². The molecule has 4 nitrogen and oxygen atoms in total. The molecule has 2 aromatic rings. The van der Waals surface area contributed by atoms with E-state index in [2.05, 4.69) is 0 Å². The molecule has 146 valence electrons. The highest BCUT2D eigenvalue weighted by molar-refractivity contribution is 6.04. The number of Topliss-reactive ketones (excluding diaryl/α,β-unsaturated/α-hetero) is 2. The van der Waals surface area contributed by atoms with Crippen LogP contribution in [-0.4, -0.2) is 29.4 Å². The lowest BCUT2D eigenvalue weighted by Crippen LogP contribution is -2.24. The van der Waals surface area contributed by atoms with Gasteiger partial charge in [0.1, 0.15) is 11.9 Å². The highest BCUT2D eigenvalue weighted by atomic mass is 16.5. The molecule has 0 radical (unpaired) electrons. The Labute approximate surface area is 165 Å². The first-order chi connectivity index (χ1) is 13.6. The van der Waals surface area contributed by atoms with E-state index in [4.69, 9.17) is 4.74 Å². The predicted octanol–water partition coefficient (Wildman–Crippen LogP) is 4.54. The van der Waals surface area contributed by atoms with E-state index in [9.17, 15) is 14.7 Å². The molecular formula is C24H26O4. The molecule has 2 aliphatic rings. The van der Waals surface area contributed by atoms with Crippen LogP contribution in [-0.2, 0) is 0 Å². The van der Waals surface area contributed by atoms with Gasteiger partial charge in [0.15, 0.2) is 11.6 Å². The Morgan fingerprint density at radius 1 is 1.11 bits per heavy atom. The maximum absolute atomic E-state index is 12.9. The molecule has 1 fully saturated rings. The number of ketones is 2. The zero-order valence-corrected chi connectivity index (χ0v) is 16.2. The summed E-state index contributed by atoms with van der Waals surface area (Å²) in [6.07, 6.45) is 3.84. The molecule has 0 spiro atoms. The Morgan fingerprint density at radius 3 is 2.46 bits per heavy atom. The zero-order chi connectivity index (χ0) is 19.7. The highest BCUT2D eigenvalue weighted by Gasteiger charge is 2.38. The number of carbonyl (C=O) groups excluding carboxylic acids is 2. The van der Waals surface area contributed by atoms with Gasteiger partial charge < -0.3 is 9.84 Å². The molecule has 0 amide bonds. The lowest BCUT2D eigenvalue weighted by Gasteiger charge is -2.24. The van der Waals surface area contributed by atoms with E-state index in [1.165, 1.54) is 6.42 Å². The first kappa shape index (κ1) is 18.9. The number of carbonyl (C=O) groups is 2. The average Bonchev–Trinajstić information content (AvgIpc) is 3.08. The highest BCUT2D eigenvalue weighted by Crippen LogP contribution is 2.45. The van der Waals surface area contributed by atoms with Crippen molar-refractivity contribution in [2.45, 2.75) is 51.0 Å². The summed E-state index contributed by atoms with van der Waals surface area (Å²) in [5.41, 5.74) is 2.90. The van der Waals surface area contributed by atoms with Crippen LogP contribution < -0.4 is 4.74 Å². The second kappa shape index (κ2) is 7.88. The lowest BCUT2D eigenvalue weighted by molar-refractivity contribution is 0.0936. The smallest absolute Gasteiger partial charge is 0.166 e. The Bertz CT molecular complexity index is 883. The van der Waals surface area contributed by atoms with Gasteiger partial charge in [0.2, 0.25) is 0 Å². The van der Waals surface area contributed by atoms with Gasteiger partial charge >= 0.3 is 0 Å². The second-order valence-electron chi connectivity index (χ2n) is 7.87. The summed E-state index contributed by atoms with van der Waals surface area (Å²) in [5.74, 6) is 0.857. The molecule has 0 aromatic heterocycles. The molecule has 1 saturated carbocycles. The van der Waals surface area contributed by atoms with Gasteiger partial charge in [-0.25, -0.2) is 0 Å². The Kier molecular flexibility index (Phi) is 5.31. The summed E-state index contributed by atoms with van der Waals surface area (Å²) in [6.45, 7) is 1.66. The van der Waals surface area contributed by atoms with Gasteiger partial charge in [-0.3, -0.25) is 9.59 Å².